The quantitative estimate of drug-likeness (QED) is 0.821. The third kappa shape index (κ3) is 3.75. The van der Waals surface area contributed by atoms with E-state index in [1.165, 1.54) is 0 Å². The topological polar surface area (TPSA) is 32.3 Å². The van der Waals surface area contributed by atoms with Crippen molar-refractivity contribution in [2.75, 3.05) is 11.9 Å². The lowest BCUT2D eigenvalue weighted by Crippen LogP contribution is -2.13. The van der Waals surface area contributed by atoms with Crippen molar-refractivity contribution in [2.45, 2.75) is 20.0 Å². The van der Waals surface area contributed by atoms with Gasteiger partial charge in [-0.2, -0.15) is 0 Å². The Morgan fingerprint density at radius 1 is 1.15 bits per heavy atom. The van der Waals surface area contributed by atoms with Gasteiger partial charge in [0.1, 0.15) is 0 Å². The molecule has 1 unspecified atom stereocenters. The van der Waals surface area contributed by atoms with E-state index in [2.05, 4.69) is 47.2 Å². The van der Waals surface area contributed by atoms with Gasteiger partial charge in [0.2, 0.25) is 0 Å². The molecular formula is C16H17BrClNO. The Kier molecular flexibility index (Phi) is 5.08. The summed E-state index contributed by atoms with van der Waals surface area (Å²) in [5, 5.41) is 14.2. The van der Waals surface area contributed by atoms with Gasteiger partial charge in [-0.1, -0.05) is 39.7 Å². The van der Waals surface area contributed by atoms with Gasteiger partial charge in [-0.05, 0) is 54.8 Å². The number of hydrogen-bond acceptors (Lipinski definition) is 2. The molecule has 0 heterocycles. The standard InChI is InChI=1S/C16H17BrClNO/c1-10-7-13(17)8-11(2)16(10)19-9-15(20)12-3-5-14(18)6-4-12/h3-8,15,19-20H,9H2,1-2H3. The largest absolute Gasteiger partial charge is 0.387 e. The number of halogens is 2. The van der Waals surface area contributed by atoms with E-state index in [1.54, 1.807) is 12.1 Å². The van der Waals surface area contributed by atoms with Crippen LogP contribution >= 0.6 is 27.5 Å². The second-order valence-electron chi connectivity index (χ2n) is 4.86. The Labute approximate surface area is 132 Å². The van der Waals surface area contributed by atoms with E-state index in [0.717, 1.165) is 26.9 Å². The third-order valence-electron chi connectivity index (χ3n) is 3.22. The molecular weight excluding hydrogens is 338 g/mol. The van der Waals surface area contributed by atoms with Crippen molar-refractivity contribution in [1.82, 2.24) is 0 Å². The lowest BCUT2D eigenvalue weighted by atomic mass is 10.1. The minimum atomic E-state index is -0.560. The van der Waals surface area contributed by atoms with E-state index in [1.807, 2.05) is 12.1 Å². The Morgan fingerprint density at radius 3 is 2.25 bits per heavy atom. The van der Waals surface area contributed by atoms with Crippen molar-refractivity contribution >= 4 is 33.2 Å². The van der Waals surface area contributed by atoms with Gasteiger partial charge in [-0.25, -0.2) is 0 Å². The molecule has 0 spiro atoms. The van der Waals surface area contributed by atoms with Crippen molar-refractivity contribution < 1.29 is 5.11 Å². The van der Waals surface area contributed by atoms with Crippen LogP contribution in [0.5, 0.6) is 0 Å². The summed E-state index contributed by atoms with van der Waals surface area (Å²) in [6.45, 7) is 4.56. The van der Waals surface area contributed by atoms with Gasteiger partial charge in [0.05, 0.1) is 6.10 Å². The summed E-state index contributed by atoms with van der Waals surface area (Å²) in [5.74, 6) is 0. The van der Waals surface area contributed by atoms with Crippen LogP contribution in [-0.2, 0) is 0 Å². The highest BCUT2D eigenvalue weighted by Crippen LogP contribution is 2.26. The molecule has 0 fully saturated rings. The van der Waals surface area contributed by atoms with Crippen molar-refractivity contribution in [3.63, 3.8) is 0 Å². The molecule has 2 aromatic carbocycles. The van der Waals surface area contributed by atoms with Gasteiger partial charge < -0.3 is 10.4 Å². The molecule has 4 heteroatoms. The maximum absolute atomic E-state index is 10.2. The lowest BCUT2D eigenvalue weighted by molar-refractivity contribution is 0.191. The number of aliphatic hydroxyl groups excluding tert-OH is 1. The normalized spacial score (nSPS) is 12.2. The zero-order valence-electron chi connectivity index (χ0n) is 11.5. The second-order valence-corrected chi connectivity index (χ2v) is 6.21. The SMILES string of the molecule is Cc1cc(Br)cc(C)c1NCC(O)c1ccc(Cl)cc1. The molecule has 0 bridgehead atoms. The molecule has 20 heavy (non-hydrogen) atoms. The molecule has 2 aromatic rings. The maximum atomic E-state index is 10.2. The minimum Gasteiger partial charge on any atom is -0.387 e. The fraction of sp³-hybridized carbons (Fsp3) is 0.250. The molecule has 0 aliphatic heterocycles. The highest BCUT2D eigenvalue weighted by molar-refractivity contribution is 9.10. The number of nitrogens with one attached hydrogen (secondary N) is 1. The highest BCUT2D eigenvalue weighted by Gasteiger charge is 2.09. The van der Waals surface area contributed by atoms with E-state index >= 15 is 0 Å². The first-order valence-corrected chi connectivity index (χ1v) is 7.58. The smallest absolute Gasteiger partial charge is 0.0962 e. The van der Waals surface area contributed by atoms with Crippen LogP contribution in [0.25, 0.3) is 0 Å². The lowest BCUT2D eigenvalue weighted by Gasteiger charge is -2.17. The van der Waals surface area contributed by atoms with E-state index < -0.39 is 6.10 Å². The highest BCUT2D eigenvalue weighted by atomic mass is 79.9. The summed E-state index contributed by atoms with van der Waals surface area (Å²) in [7, 11) is 0. The van der Waals surface area contributed by atoms with Crippen molar-refractivity contribution in [2.24, 2.45) is 0 Å². The van der Waals surface area contributed by atoms with E-state index in [-0.39, 0.29) is 0 Å². The number of hydrogen-bond donors (Lipinski definition) is 2. The number of aryl methyl sites for hydroxylation is 2. The predicted octanol–water partition coefficient (Wildman–Crippen LogP) is 4.86. The average Bonchev–Trinajstić information content (AvgIpc) is 2.38. The van der Waals surface area contributed by atoms with Crippen LogP contribution < -0.4 is 5.32 Å². The van der Waals surface area contributed by atoms with Crippen LogP contribution in [0.4, 0.5) is 5.69 Å². The van der Waals surface area contributed by atoms with Crippen molar-refractivity contribution in [3.05, 3.63) is 62.6 Å². The third-order valence-corrected chi connectivity index (χ3v) is 3.93. The zero-order valence-corrected chi connectivity index (χ0v) is 13.8. The molecule has 2 nitrogen and oxygen atoms in total. The monoisotopic (exact) mass is 353 g/mol. The molecule has 0 aliphatic rings. The van der Waals surface area contributed by atoms with Gasteiger partial charge in [0, 0.05) is 21.7 Å². The molecule has 106 valence electrons. The Bertz CT molecular complexity index is 575. The minimum absolute atomic E-state index is 0.463. The van der Waals surface area contributed by atoms with Gasteiger partial charge in [0.15, 0.2) is 0 Å². The molecule has 0 aliphatic carbocycles. The van der Waals surface area contributed by atoms with Crippen LogP contribution in [-0.4, -0.2) is 11.7 Å². The molecule has 0 radical (unpaired) electrons. The van der Waals surface area contributed by atoms with E-state index in [0.29, 0.717) is 11.6 Å². The Hall–Kier alpha value is -1.03. The van der Waals surface area contributed by atoms with E-state index in [9.17, 15) is 5.11 Å². The fourth-order valence-electron chi connectivity index (χ4n) is 2.19. The number of benzene rings is 2. The summed E-state index contributed by atoms with van der Waals surface area (Å²) in [6, 6.07) is 11.4. The Balaban J connectivity index is 2.07. The maximum Gasteiger partial charge on any atom is 0.0962 e. The van der Waals surface area contributed by atoms with Crippen LogP contribution in [0.1, 0.15) is 22.8 Å². The summed E-state index contributed by atoms with van der Waals surface area (Å²) in [5.41, 5.74) is 4.23. The van der Waals surface area contributed by atoms with Crippen LogP contribution in [0, 0.1) is 13.8 Å². The first-order valence-electron chi connectivity index (χ1n) is 6.41. The summed E-state index contributed by atoms with van der Waals surface area (Å²) >= 11 is 9.32. The van der Waals surface area contributed by atoms with Crippen LogP contribution in [0.15, 0.2) is 40.9 Å². The second kappa shape index (κ2) is 6.61. The molecule has 2 rings (SSSR count). The summed E-state index contributed by atoms with van der Waals surface area (Å²) < 4.78 is 1.07. The van der Waals surface area contributed by atoms with Gasteiger partial charge >= 0.3 is 0 Å². The molecule has 0 amide bonds. The number of rotatable bonds is 4. The van der Waals surface area contributed by atoms with Crippen molar-refractivity contribution in [3.8, 4) is 0 Å². The summed E-state index contributed by atoms with van der Waals surface area (Å²) in [4.78, 5) is 0. The van der Waals surface area contributed by atoms with Gasteiger partial charge in [0.25, 0.3) is 0 Å². The molecule has 2 N–H and O–H groups in total. The summed E-state index contributed by atoms with van der Waals surface area (Å²) in [6.07, 6.45) is -0.560. The van der Waals surface area contributed by atoms with Crippen LogP contribution in [0.2, 0.25) is 5.02 Å². The first-order chi connectivity index (χ1) is 9.47. The fourth-order valence-corrected chi connectivity index (χ4v) is 3.00. The molecule has 0 saturated carbocycles. The number of aliphatic hydroxyl groups is 1. The van der Waals surface area contributed by atoms with Crippen molar-refractivity contribution in [1.29, 1.82) is 0 Å². The van der Waals surface area contributed by atoms with Gasteiger partial charge in [-0.15, -0.1) is 0 Å². The number of anilines is 1. The van der Waals surface area contributed by atoms with Gasteiger partial charge in [-0.3, -0.25) is 0 Å². The molecule has 1 atom stereocenters. The van der Waals surface area contributed by atoms with E-state index in [4.69, 9.17) is 11.6 Å². The molecule has 0 saturated heterocycles. The Morgan fingerprint density at radius 2 is 1.70 bits per heavy atom. The predicted molar refractivity (Wildman–Crippen MR) is 88.5 cm³/mol. The average molecular weight is 355 g/mol. The molecule has 0 aromatic heterocycles. The first kappa shape index (κ1) is 15.4. The van der Waals surface area contributed by atoms with Crippen LogP contribution in [0.3, 0.4) is 0 Å². The zero-order chi connectivity index (χ0) is 14.7.